The molecule has 0 bridgehead atoms. The van der Waals surface area contributed by atoms with Gasteiger partial charge in [0.25, 0.3) is 5.56 Å². The van der Waals surface area contributed by atoms with Crippen LogP contribution in [0.3, 0.4) is 0 Å². The second kappa shape index (κ2) is 6.82. The minimum atomic E-state index is -1.90. The van der Waals surface area contributed by atoms with E-state index in [9.17, 15) is 19.1 Å². The van der Waals surface area contributed by atoms with Gasteiger partial charge in [0.15, 0.2) is 5.60 Å². The number of esters is 1. The summed E-state index contributed by atoms with van der Waals surface area (Å²) in [4.78, 5) is 30.3. The molecule has 0 unspecified atom stereocenters. The van der Waals surface area contributed by atoms with Gasteiger partial charge in [-0.05, 0) is 36.1 Å². The lowest BCUT2D eigenvalue weighted by Crippen LogP contribution is -2.44. The molecule has 0 radical (unpaired) electrons. The molecule has 164 valence electrons. The minimum Gasteiger partial charge on any atom is -0.458 e. The number of pyridine rings is 2. The molecule has 1 aromatic carbocycles. The molecule has 3 N–H and O–H groups in total. The number of benzene rings is 1. The van der Waals surface area contributed by atoms with E-state index in [1.807, 2.05) is 0 Å². The van der Waals surface area contributed by atoms with E-state index in [1.54, 1.807) is 30.6 Å². The van der Waals surface area contributed by atoms with E-state index in [2.05, 4.69) is 6.58 Å². The fourth-order valence-corrected chi connectivity index (χ4v) is 4.92. The van der Waals surface area contributed by atoms with Crippen LogP contribution in [0.25, 0.3) is 28.4 Å². The van der Waals surface area contributed by atoms with Crippen LogP contribution in [0, 0.1) is 12.7 Å². The summed E-state index contributed by atoms with van der Waals surface area (Å²) < 4.78 is 21.2. The first-order valence-corrected chi connectivity index (χ1v) is 10.4. The van der Waals surface area contributed by atoms with E-state index in [1.165, 1.54) is 6.07 Å². The zero-order chi connectivity index (χ0) is 22.9. The quantitative estimate of drug-likeness (QED) is 0.479. The van der Waals surface area contributed by atoms with Crippen molar-refractivity contribution in [1.82, 2.24) is 9.55 Å². The topological polar surface area (TPSA) is 107 Å². The first-order chi connectivity index (χ1) is 15.3. The molecule has 0 spiro atoms. The molecule has 8 heteroatoms. The number of halogens is 1. The Balaban J connectivity index is 1.87. The third kappa shape index (κ3) is 2.44. The fourth-order valence-electron chi connectivity index (χ4n) is 4.92. The van der Waals surface area contributed by atoms with Crippen LogP contribution >= 0.6 is 0 Å². The maximum atomic E-state index is 14.6. The van der Waals surface area contributed by atoms with Crippen LogP contribution < -0.4 is 11.3 Å². The van der Waals surface area contributed by atoms with E-state index < -0.39 is 17.4 Å². The maximum Gasteiger partial charge on any atom is 0.343 e. The molecule has 0 amide bonds. The van der Waals surface area contributed by atoms with Crippen molar-refractivity contribution >= 4 is 22.9 Å². The van der Waals surface area contributed by atoms with Crippen molar-refractivity contribution in [2.45, 2.75) is 45.6 Å². The molecule has 0 saturated heterocycles. The van der Waals surface area contributed by atoms with Gasteiger partial charge < -0.3 is 20.1 Å². The van der Waals surface area contributed by atoms with Gasteiger partial charge in [-0.25, -0.2) is 14.2 Å². The Morgan fingerprint density at radius 1 is 1.38 bits per heavy atom. The van der Waals surface area contributed by atoms with Gasteiger partial charge in [0.2, 0.25) is 0 Å². The van der Waals surface area contributed by atoms with Crippen molar-refractivity contribution in [3.05, 3.63) is 68.3 Å². The van der Waals surface area contributed by atoms with Crippen LogP contribution in [-0.4, -0.2) is 20.6 Å². The summed E-state index contributed by atoms with van der Waals surface area (Å²) in [6.45, 7) is 7.35. The highest BCUT2D eigenvalue weighted by Gasteiger charge is 2.45. The Morgan fingerprint density at radius 3 is 2.78 bits per heavy atom. The number of cyclic esters (lactones) is 1. The number of carbonyl (C=O) groups is 1. The number of nitrogens with zero attached hydrogens (tertiary/aromatic N) is 2. The van der Waals surface area contributed by atoms with Crippen molar-refractivity contribution in [3.8, 4) is 11.4 Å². The maximum absolute atomic E-state index is 14.6. The summed E-state index contributed by atoms with van der Waals surface area (Å²) in [6, 6.07) is 2.99. The Bertz CT molecular complexity index is 1430. The van der Waals surface area contributed by atoms with E-state index in [0.29, 0.717) is 33.4 Å². The summed E-state index contributed by atoms with van der Waals surface area (Å²) in [6.07, 6.45) is 1.65. The Hall–Kier alpha value is -3.36. The number of nitrogens with two attached hydrogens (primary N) is 1. The van der Waals surface area contributed by atoms with Crippen LogP contribution in [0.5, 0.6) is 0 Å². The monoisotopic (exact) mass is 435 g/mol. The number of ether oxygens (including phenoxy) is 1. The predicted molar refractivity (Wildman–Crippen MR) is 117 cm³/mol. The number of carbonyl (C=O) groups excluding carboxylic acids is 1. The van der Waals surface area contributed by atoms with Crippen molar-refractivity contribution in [2.24, 2.45) is 5.73 Å². The Labute approximate surface area is 183 Å². The van der Waals surface area contributed by atoms with Gasteiger partial charge in [0.1, 0.15) is 12.4 Å². The average molecular weight is 435 g/mol. The number of rotatable bonds is 3. The standard InChI is InChI=1S/C24H22FN3O4/c1-4-12-11(3)17(25)7-18-20(12)13(8-26)14-9-28-19(21(14)27-18)6-16-15(22(28)29)10-32-23(30)24(16,31)5-2/h4,6-7,31H,1,5,8-10,26H2,2-3H3/t24-/m0/s1. The normalized spacial score (nSPS) is 18.8. The van der Waals surface area contributed by atoms with E-state index in [4.69, 9.17) is 15.5 Å². The highest BCUT2D eigenvalue weighted by molar-refractivity contribution is 5.95. The Morgan fingerprint density at radius 2 is 2.12 bits per heavy atom. The second-order valence-corrected chi connectivity index (χ2v) is 8.22. The zero-order valence-corrected chi connectivity index (χ0v) is 17.8. The molecule has 5 rings (SSSR count). The minimum absolute atomic E-state index is 0.0565. The largest absolute Gasteiger partial charge is 0.458 e. The number of hydrogen-bond donors (Lipinski definition) is 2. The molecule has 0 aliphatic carbocycles. The van der Waals surface area contributed by atoms with Crippen LogP contribution in [0.4, 0.5) is 4.39 Å². The van der Waals surface area contributed by atoms with Gasteiger partial charge in [-0.1, -0.05) is 19.6 Å². The summed E-state index contributed by atoms with van der Waals surface area (Å²) in [5.74, 6) is -1.19. The average Bonchev–Trinajstić information content (AvgIpc) is 3.15. The zero-order valence-electron chi connectivity index (χ0n) is 17.8. The molecule has 2 aliphatic rings. The van der Waals surface area contributed by atoms with Crippen LogP contribution in [0.15, 0.2) is 23.5 Å². The molecule has 4 heterocycles. The van der Waals surface area contributed by atoms with E-state index in [0.717, 1.165) is 11.1 Å². The summed E-state index contributed by atoms with van der Waals surface area (Å²) in [7, 11) is 0. The first kappa shape index (κ1) is 20.5. The van der Waals surface area contributed by atoms with Gasteiger partial charge in [-0.15, -0.1) is 0 Å². The van der Waals surface area contributed by atoms with Gasteiger partial charge in [-0.2, -0.15) is 0 Å². The van der Waals surface area contributed by atoms with Crippen molar-refractivity contribution in [3.63, 3.8) is 0 Å². The van der Waals surface area contributed by atoms with Crippen LogP contribution in [-0.2, 0) is 34.8 Å². The molecule has 2 aliphatic heterocycles. The van der Waals surface area contributed by atoms with Crippen molar-refractivity contribution in [1.29, 1.82) is 0 Å². The third-order valence-electron chi connectivity index (χ3n) is 6.75. The summed E-state index contributed by atoms with van der Waals surface area (Å²) in [5, 5.41) is 11.7. The Kier molecular flexibility index (Phi) is 4.38. The van der Waals surface area contributed by atoms with Crippen molar-refractivity contribution in [2.75, 3.05) is 0 Å². The van der Waals surface area contributed by atoms with Gasteiger partial charge in [0, 0.05) is 29.1 Å². The fraction of sp³-hybridized carbons (Fsp3) is 0.292. The van der Waals surface area contributed by atoms with Gasteiger partial charge in [-0.3, -0.25) is 4.79 Å². The smallest absolute Gasteiger partial charge is 0.343 e. The highest BCUT2D eigenvalue weighted by Crippen LogP contribution is 2.41. The first-order valence-electron chi connectivity index (χ1n) is 10.4. The second-order valence-electron chi connectivity index (χ2n) is 8.22. The molecule has 7 nitrogen and oxygen atoms in total. The summed E-state index contributed by atoms with van der Waals surface area (Å²) >= 11 is 0. The van der Waals surface area contributed by atoms with E-state index in [-0.39, 0.29) is 42.8 Å². The third-order valence-corrected chi connectivity index (χ3v) is 6.75. The SMILES string of the molecule is C=Cc1c(C)c(F)cc2nc3c(c(CN)c12)Cn1c-3cc2c(c1=O)COC(=O)[C@]2(O)CC. The molecule has 2 aromatic heterocycles. The van der Waals surface area contributed by atoms with Gasteiger partial charge in [0.05, 0.1) is 29.0 Å². The predicted octanol–water partition coefficient (Wildman–Crippen LogP) is 2.63. The number of aromatic nitrogens is 2. The molecule has 32 heavy (non-hydrogen) atoms. The lowest BCUT2D eigenvalue weighted by Gasteiger charge is -2.31. The molecular weight excluding hydrogens is 413 g/mol. The number of aliphatic hydroxyl groups is 1. The molecule has 3 aromatic rings. The van der Waals surface area contributed by atoms with E-state index >= 15 is 0 Å². The lowest BCUT2D eigenvalue weighted by molar-refractivity contribution is -0.172. The molecule has 0 saturated carbocycles. The highest BCUT2D eigenvalue weighted by atomic mass is 19.1. The lowest BCUT2D eigenvalue weighted by atomic mass is 9.86. The summed E-state index contributed by atoms with van der Waals surface area (Å²) in [5.41, 5.74) is 8.33. The van der Waals surface area contributed by atoms with Crippen molar-refractivity contribution < 1.29 is 19.0 Å². The molecule has 0 fully saturated rings. The van der Waals surface area contributed by atoms with Crippen LogP contribution in [0.1, 0.15) is 46.7 Å². The molecular formula is C24H22FN3O4. The molecule has 1 atom stereocenters. The van der Waals surface area contributed by atoms with Crippen LogP contribution in [0.2, 0.25) is 0 Å². The number of hydrogen-bond acceptors (Lipinski definition) is 6. The van der Waals surface area contributed by atoms with Gasteiger partial charge >= 0.3 is 5.97 Å². The number of fused-ring (bicyclic) bond motifs is 5.